The van der Waals surface area contributed by atoms with E-state index in [1.165, 1.54) is 22.3 Å². The first-order chi connectivity index (χ1) is 13.8. The number of fused-ring (bicyclic) bond motifs is 3. The summed E-state index contributed by atoms with van der Waals surface area (Å²) >= 11 is 0. The van der Waals surface area contributed by atoms with Crippen molar-refractivity contribution in [1.29, 1.82) is 0 Å². The molecule has 28 heavy (non-hydrogen) atoms. The average Bonchev–Trinajstić information content (AvgIpc) is 2.91. The van der Waals surface area contributed by atoms with Gasteiger partial charge in [0.05, 0.1) is 6.61 Å². The smallest absolute Gasteiger partial charge is 0.301 e. The van der Waals surface area contributed by atoms with Gasteiger partial charge in [-0.3, -0.25) is 0 Å². The Morgan fingerprint density at radius 3 is 2.04 bits per heavy atom. The normalized spacial score (nSPS) is 12.9. The Morgan fingerprint density at radius 2 is 1.43 bits per heavy atom. The Morgan fingerprint density at radius 1 is 0.857 bits per heavy atom. The van der Waals surface area contributed by atoms with Gasteiger partial charge in [0.1, 0.15) is 0 Å². The number of rotatable bonds is 1. The molecule has 0 spiro atoms. The second-order valence-electron chi connectivity index (χ2n) is 6.60. The van der Waals surface area contributed by atoms with Crippen LogP contribution in [0.1, 0.15) is 23.6 Å². The van der Waals surface area contributed by atoms with E-state index in [0.717, 1.165) is 18.7 Å². The predicted molar refractivity (Wildman–Crippen MR) is 114 cm³/mol. The molecule has 4 rings (SSSR count). The van der Waals surface area contributed by atoms with Crippen molar-refractivity contribution in [3.63, 3.8) is 0 Å². The quantitative estimate of drug-likeness (QED) is 0.341. The van der Waals surface area contributed by atoms with E-state index >= 15 is 0 Å². The van der Waals surface area contributed by atoms with Crippen molar-refractivity contribution in [3.8, 4) is 23.1 Å². The van der Waals surface area contributed by atoms with Crippen LogP contribution in [0.4, 0.5) is 0 Å². The first kappa shape index (κ1) is 17.9. The van der Waals surface area contributed by atoms with Gasteiger partial charge in [0.25, 0.3) is 0 Å². The van der Waals surface area contributed by atoms with E-state index in [9.17, 15) is 0 Å². The van der Waals surface area contributed by atoms with Gasteiger partial charge in [-0.2, -0.15) is 0 Å². The highest BCUT2D eigenvalue weighted by atomic mass is 16.5. The Bertz CT molecular complexity index is 997. The van der Waals surface area contributed by atoms with E-state index in [1.54, 1.807) is 0 Å². The number of nitrogens with zero attached hydrogens (tertiary/aromatic N) is 2. The molecule has 0 amide bonds. The molecule has 0 fully saturated rings. The van der Waals surface area contributed by atoms with Crippen LogP contribution >= 0.6 is 0 Å². The van der Waals surface area contributed by atoms with Crippen molar-refractivity contribution < 1.29 is 4.74 Å². The Labute approximate surface area is 166 Å². The van der Waals surface area contributed by atoms with Gasteiger partial charge in [-0.15, -0.1) is 4.99 Å². The minimum absolute atomic E-state index is 0.547. The monoisotopic (exact) mass is 366 g/mol. The highest BCUT2D eigenvalue weighted by molar-refractivity contribution is 5.78. The summed E-state index contributed by atoms with van der Waals surface area (Å²) in [5.74, 6) is 3.08. The summed E-state index contributed by atoms with van der Waals surface area (Å²) < 4.78 is 5.88. The molecule has 0 N–H and O–H groups in total. The van der Waals surface area contributed by atoms with E-state index in [-0.39, 0.29) is 0 Å². The molecule has 0 atom stereocenters. The third-order valence-corrected chi connectivity index (χ3v) is 4.72. The van der Waals surface area contributed by atoms with E-state index in [4.69, 9.17) is 4.74 Å². The van der Waals surface area contributed by atoms with Crippen LogP contribution < -0.4 is 0 Å². The maximum Gasteiger partial charge on any atom is 0.301 e. The number of ether oxygens (including phenoxy) is 1. The summed E-state index contributed by atoms with van der Waals surface area (Å²) in [6.07, 6.45) is 0. The molecule has 0 aliphatic carbocycles. The molecule has 0 saturated heterocycles. The fourth-order valence-corrected chi connectivity index (χ4v) is 3.43. The summed E-state index contributed by atoms with van der Waals surface area (Å²) in [7, 11) is 0. The minimum atomic E-state index is 0.547. The largest absolute Gasteiger partial charge is 0.465 e. The van der Waals surface area contributed by atoms with Gasteiger partial charge in [0, 0.05) is 24.7 Å². The molecule has 1 heterocycles. The van der Waals surface area contributed by atoms with Crippen molar-refractivity contribution >= 4 is 6.02 Å². The van der Waals surface area contributed by atoms with Gasteiger partial charge in [0.15, 0.2) is 0 Å². The van der Waals surface area contributed by atoms with Crippen LogP contribution in [-0.2, 0) is 17.8 Å². The molecule has 3 heteroatoms. The predicted octanol–water partition coefficient (Wildman–Crippen LogP) is 5.07. The Balaban J connectivity index is 1.70. The lowest BCUT2D eigenvalue weighted by molar-refractivity contribution is 0.236. The molecule has 3 aromatic carbocycles. The molecular formula is C25H22N2O. The molecule has 3 aromatic rings. The van der Waals surface area contributed by atoms with Crippen LogP contribution in [0.15, 0.2) is 83.9 Å². The van der Waals surface area contributed by atoms with Gasteiger partial charge in [-0.1, -0.05) is 66.7 Å². The average molecular weight is 366 g/mol. The van der Waals surface area contributed by atoms with Gasteiger partial charge in [0.2, 0.25) is 0 Å². The number of amidine groups is 1. The Hall–Kier alpha value is -3.51. The summed E-state index contributed by atoms with van der Waals surface area (Å²) in [6, 6.07) is 30.4. The maximum atomic E-state index is 5.88. The van der Waals surface area contributed by atoms with Crippen molar-refractivity contribution in [3.05, 3.63) is 95.6 Å². The second kappa shape index (κ2) is 8.45. The highest BCUT2D eigenvalue weighted by Gasteiger charge is 2.22. The first-order valence-electron chi connectivity index (χ1n) is 9.53. The molecular weight excluding hydrogens is 344 g/mol. The zero-order valence-electron chi connectivity index (χ0n) is 15.9. The van der Waals surface area contributed by atoms with Gasteiger partial charge >= 0.3 is 6.02 Å². The molecule has 0 saturated carbocycles. The molecule has 0 radical (unpaired) electrons. The second-order valence-corrected chi connectivity index (χ2v) is 6.60. The van der Waals surface area contributed by atoms with Crippen LogP contribution in [-0.4, -0.2) is 17.5 Å². The van der Waals surface area contributed by atoms with Crippen LogP contribution in [0.5, 0.6) is 0 Å². The molecule has 1 aliphatic rings. The summed E-state index contributed by atoms with van der Waals surface area (Å²) in [5, 5.41) is 0. The number of aliphatic imine (C=N–C) groups is 1. The maximum absolute atomic E-state index is 5.88. The van der Waals surface area contributed by atoms with Crippen molar-refractivity contribution in [2.75, 3.05) is 6.61 Å². The highest BCUT2D eigenvalue weighted by Crippen LogP contribution is 2.32. The fraction of sp³-hybridized carbons (Fsp3) is 0.160. The first-order valence-corrected chi connectivity index (χ1v) is 9.53. The molecule has 0 bridgehead atoms. The summed E-state index contributed by atoms with van der Waals surface area (Å²) in [5.41, 5.74) is 6.00. The minimum Gasteiger partial charge on any atom is -0.465 e. The van der Waals surface area contributed by atoms with Gasteiger partial charge in [-0.25, -0.2) is 0 Å². The fourth-order valence-electron chi connectivity index (χ4n) is 3.43. The van der Waals surface area contributed by atoms with Crippen LogP contribution in [0.3, 0.4) is 0 Å². The zero-order valence-corrected chi connectivity index (χ0v) is 15.9. The van der Waals surface area contributed by atoms with Crippen LogP contribution in [0.2, 0.25) is 0 Å². The van der Waals surface area contributed by atoms with Gasteiger partial charge in [-0.05, 0) is 47.2 Å². The third-order valence-electron chi connectivity index (χ3n) is 4.72. The van der Waals surface area contributed by atoms with Crippen molar-refractivity contribution in [1.82, 2.24) is 4.90 Å². The molecule has 0 unspecified atom stereocenters. The van der Waals surface area contributed by atoms with Crippen LogP contribution in [0.25, 0.3) is 11.1 Å². The third kappa shape index (κ3) is 3.92. The number of hydrogen-bond acceptors (Lipinski definition) is 2. The van der Waals surface area contributed by atoms with E-state index in [2.05, 4.69) is 70.4 Å². The summed E-state index contributed by atoms with van der Waals surface area (Å²) in [6.45, 7) is 3.99. The standard InChI is InChI=1S/C25H22N2O/c1-2-28-25(26-17-16-20-10-4-3-5-11-20)27-18-21-12-6-8-14-23(21)24-15-9-7-13-22(24)19-27/h3-15H,2,18-19H2,1H3. The van der Waals surface area contributed by atoms with Crippen molar-refractivity contribution in [2.45, 2.75) is 20.0 Å². The molecule has 0 aromatic heterocycles. The number of hydrogen-bond donors (Lipinski definition) is 0. The van der Waals surface area contributed by atoms with Crippen LogP contribution in [0, 0.1) is 12.0 Å². The summed E-state index contributed by atoms with van der Waals surface area (Å²) in [4.78, 5) is 6.64. The lowest BCUT2D eigenvalue weighted by atomic mass is 9.97. The van der Waals surface area contributed by atoms with E-state index in [1.807, 2.05) is 37.3 Å². The molecule has 138 valence electrons. The zero-order chi connectivity index (χ0) is 19.2. The SMILES string of the molecule is CCOC(=NC#Cc1ccccc1)N1Cc2ccccc2-c2ccccc2C1. The molecule has 1 aliphatic heterocycles. The van der Waals surface area contributed by atoms with E-state index in [0.29, 0.717) is 12.6 Å². The Kier molecular flexibility index (Phi) is 5.40. The lowest BCUT2D eigenvalue weighted by Crippen LogP contribution is -2.31. The van der Waals surface area contributed by atoms with Crippen molar-refractivity contribution in [2.24, 2.45) is 4.99 Å². The number of benzene rings is 3. The topological polar surface area (TPSA) is 24.8 Å². The lowest BCUT2D eigenvalue weighted by Gasteiger charge is -2.23. The van der Waals surface area contributed by atoms with E-state index < -0.39 is 0 Å². The molecule has 3 nitrogen and oxygen atoms in total. The van der Waals surface area contributed by atoms with Gasteiger partial charge < -0.3 is 9.64 Å².